The van der Waals surface area contributed by atoms with Crippen LogP contribution < -0.4 is 0 Å². The molecular weight excluding hydrogens is 330 g/mol. The molecule has 0 radical (unpaired) electrons. The van der Waals surface area contributed by atoms with E-state index in [9.17, 15) is 0 Å². The summed E-state index contributed by atoms with van der Waals surface area (Å²) in [5.74, 6) is 1.73. The predicted molar refractivity (Wildman–Crippen MR) is 78.4 cm³/mol. The van der Waals surface area contributed by atoms with Crippen LogP contribution in [0.4, 0.5) is 0 Å². The first-order valence-electron chi connectivity index (χ1n) is 6.36. The molecule has 1 aliphatic rings. The van der Waals surface area contributed by atoms with Gasteiger partial charge in [-0.1, -0.05) is 6.92 Å². The Bertz CT molecular complexity index is 601. The summed E-state index contributed by atoms with van der Waals surface area (Å²) in [5.41, 5.74) is 1.81. The molecule has 6 heteroatoms. The van der Waals surface area contributed by atoms with E-state index in [1.54, 1.807) is 0 Å². The number of alkyl halides is 1. The minimum atomic E-state index is 0.362. The van der Waals surface area contributed by atoms with Crippen LogP contribution in [0.15, 0.2) is 16.7 Å². The second-order valence-corrected chi connectivity index (χ2v) is 6.12. The number of rotatable bonds is 2. The lowest BCUT2D eigenvalue weighted by Crippen LogP contribution is -2.29. The molecule has 2 atom stereocenters. The molecule has 0 aliphatic carbocycles. The molecule has 1 fully saturated rings. The fourth-order valence-corrected chi connectivity index (χ4v) is 3.21. The van der Waals surface area contributed by atoms with Gasteiger partial charge < -0.3 is 9.30 Å². The minimum Gasteiger partial charge on any atom is -0.381 e. The first-order chi connectivity index (χ1) is 9.20. The molecule has 2 aromatic heterocycles. The summed E-state index contributed by atoms with van der Waals surface area (Å²) in [4.78, 5) is 9.11. The van der Waals surface area contributed by atoms with Crippen LogP contribution >= 0.6 is 27.5 Å². The van der Waals surface area contributed by atoms with Crippen LogP contribution in [0.3, 0.4) is 0 Å². The van der Waals surface area contributed by atoms with E-state index in [1.165, 1.54) is 0 Å². The van der Waals surface area contributed by atoms with Crippen molar-refractivity contribution in [2.45, 2.75) is 25.3 Å². The van der Waals surface area contributed by atoms with Gasteiger partial charge in [0.25, 0.3) is 0 Å². The minimum absolute atomic E-state index is 0.362. The van der Waals surface area contributed by atoms with E-state index in [1.807, 2.05) is 12.3 Å². The third-order valence-electron chi connectivity index (χ3n) is 3.62. The molecule has 3 rings (SSSR count). The molecule has 2 aromatic rings. The maximum absolute atomic E-state index is 6.06. The van der Waals surface area contributed by atoms with Crippen molar-refractivity contribution in [3.8, 4) is 0 Å². The topological polar surface area (TPSA) is 39.9 Å². The number of hydrogen-bond acceptors (Lipinski definition) is 3. The quantitative estimate of drug-likeness (QED) is 0.783. The van der Waals surface area contributed by atoms with Gasteiger partial charge in [0.15, 0.2) is 5.65 Å². The standard InChI is InChI=1S/C13H15BrClN3O/c1-8-7-19-3-2-11(8)18-12(5-15)17-10-4-9(14)6-16-13(10)18/h4,6,8,11H,2-3,5,7H2,1H3. The van der Waals surface area contributed by atoms with Crippen LogP contribution in [0.25, 0.3) is 11.2 Å². The molecular formula is C13H15BrClN3O. The number of fused-ring (bicyclic) bond motifs is 1. The Balaban J connectivity index is 2.14. The maximum Gasteiger partial charge on any atom is 0.160 e. The number of aromatic nitrogens is 3. The van der Waals surface area contributed by atoms with Gasteiger partial charge in [-0.2, -0.15) is 0 Å². The van der Waals surface area contributed by atoms with Crippen LogP contribution in [0.1, 0.15) is 25.2 Å². The first kappa shape index (κ1) is 13.3. The van der Waals surface area contributed by atoms with Crippen LogP contribution in [-0.2, 0) is 10.6 Å². The highest BCUT2D eigenvalue weighted by molar-refractivity contribution is 9.10. The van der Waals surface area contributed by atoms with Crippen molar-refractivity contribution in [1.82, 2.24) is 14.5 Å². The van der Waals surface area contributed by atoms with Crippen molar-refractivity contribution in [1.29, 1.82) is 0 Å². The largest absolute Gasteiger partial charge is 0.381 e. The Hall–Kier alpha value is -0.650. The molecule has 3 heterocycles. The summed E-state index contributed by atoms with van der Waals surface area (Å²) in [6.45, 7) is 3.77. The molecule has 1 aliphatic heterocycles. The fourth-order valence-electron chi connectivity index (χ4n) is 2.70. The summed E-state index contributed by atoms with van der Waals surface area (Å²) in [6.07, 6.45) is 2.79. The average Bonchev–Trinajstić information content (AvgIpc) is 2.76. The molecule has 19 heavy (non-hydrogen) atoms. The van der Waals surface area contributed by atoms with Crippen molar-refractivity contribution in [3.05, 3.63) is 22.6 Å². The van der Waals surface area contributed by atoms with Crippen molar-refractivity contribution < 1.29 is 4.74 Å². The summed E-state index contributed by atoms with van der Waals surface area (Å²) in [5, 5.41) is 0. The van der Waals surface area contributed by atoms with Gasteiger partial charge in [0, 0.05) is 29.2 Å². The monoisotopic (exact) mass is 343 g/mol. The second-order valence-electron chi connectivity index (χ2n) is 4.94. The Morgan fingerprint density at radius 3 is 3.16 bits per heavy atom. The van der Waals surface area contributed by atoms with Gasteiger partial charge in [-0.25, -0.2) is 9.97 Å². The molecule has 1 saturated heterocycles. The van der Waals surface area contributed by atoms with Crippen LogP contribution in [0, 0.1) is 5.92 Å². The van der Waals surface area contributed by atoms with E-state index < -0.39 is 0 Å². The van der Waals surface area contributed by atoms with E-state index >= 15 is 0 Å². The Morgan fingerprint density at radius 1 is 1.58 bits per heavy atom. The van der Waals surface area contributed by atoms with E-state index in [4.69, 9.17) is 16.3 Å². The number of hydrogen-bond donors (Lipinski definition) is 0. The second kappa shape index (κ2) is 5.38. The Labute approximate surface area is 125 Å². The average molecular weight is 345 g/mol. The van der Waals surface area contributed by atoms with Crippen LogP contribution in [-0.4, -0.2) is 27.7 Å². The zero-order valence-electron chi connectivity index (χ0n) is 10.6. The van der Waals surface area contributed by atoms with Crippen molar-refractivity contribution in [2.75, 3.05) is 13.2 Å². The maximum atomic E-state index is 6.06. The van der Waals surface area contributed by atoms with Gasteiger partial charge in [0.2, 0.25) is 0 Å². The van der Waals surface area contributed by atoms with E-state index in [0.717, 1.165) is 41.1 Å². The molecule has 0 amide bonds. The zero-order chi connectivity index (χ0) is 13.4. The molecule has 0 saturated carbocycles. The van der Waals surface area contributed by atoms with Gasteiger partial charge >= 0.3 is 0 Å². The lowest BCUT2D eigenvalue weighted by atomic mass is 9.97. The SMILES string of the molecule is CC1COCCC1n1c(CCl)nc2cc(Br)cnc21. The molecule has 0 N–H and O–H groups in total. The normalized spacial score (nSPS) is 23.9. The third-order valence-corrected chi connectivity index (χ3v) is 4.29. The van der Waals surface area contributed by atoms with Gasteiger partial charge in [-0.3, -0.25) is 0 Å². The lowest BCUT2D eigenvalue weighted by Gasteiger charge is -2.31. The number of imidazole rings is 1. The van der Waals surface area contributed by atoms with Crippen molar-refractivity contribution in [2.24, 2.45) is 5.92 Å². The lowest BCUT2D eigenvalue weighted by molar-refractivity contribution is 0.0290. The van der Waals surface area contributed by atoms with E-state index in [0.29, 0.717) is 17.8 Å². The van der Waals surface area contributed by atoms with E-state index in [-0.39, 0.29) is 0 Å². The summed E-state index contributed by atoms with van der Waals surface area (Å²) >= 11 is 9.49. The molecule has 4 nitrogen and oxygen atoms in total. The molecule has 2 unspecified atom stereocenters. The highest BCUT2D eigenvalue weighted by Gasteiger charge is 2.27. The highest BCUT2D eigenvalue weighted by atomic mass is 79.9. The number of pyridine rings is 1. The predicted octanol–water partition coefficient (Wildman–Crippen LogP) is 3.53. The molecule has 0 spiro atoms. The Kier molecular flexibility index (Phi) is 3.78. The van der Waals surface area contributed by atoms with Crippen LogP contribution in [0.2, 0.25) is 0 Å². The van der Waals surface area contributed by atoms with Crippen molar-refractivity contribution in [3.63, 3.8) is 0 Å². The van der Waals surface area contributed by atoms with E-state index in [2.05, 4.69) is 37.4 Å². The molecule has 0 bridgehead atoms. The smallest absolute Gasteiger partial charge is 0.160 e. The molecule has 102 valence electrons. The van der Waals surface area contributed by atoms with Gasteiger partial charge in [0.05, 0.1) is 12.5 Å². The van der Waals surface area contributed by atoms with Gasteiger partial charge in [0.1, 0.15) is 11.3 Å². The number of ether oxygens (including phenoxy) is 1. The number of halogens is 2. The highest BCUT2D eigenvalue weighted by Crippen LogP contribution is 2.32. The zero-order valence-corrected chi connectivity index (χ0v) is 13.0. The summed E-state index contributed by atoms with van der Waals surface area (Å²) in [6, 6.07) is 2.35. The molecule has 0 aromatic carbocycles. The van der Waals surface area contributed by atoms with Gasteiger partial charge in [-0.15, -0.1) is 11.6 Å². The fraction of sp³-hybridized carbons (Fsp3) is 0.538. The van der Waals surface area contributed by atoms with Gasteiger partial charge in [-0.05, 0) is 28.4 Å². The van der Waals surface area contributed by atoms with Crippen LogP contribution in [0.5, 0.6) is 0 Å². The third kappa shape index (κ3) is 2.39. The first-order valence-corrected chi connectivity index (χ1v) is 7.69. The number of nitrogens with zero attached hydrogens (tertiary/aromatic N) is 3. The summed E-state index contributed by atoms with van der Waals surface area (Å²) in [7, 11) is 0. The van der Waals surface area contributed by atoms with Crippen molar-refractivity contribution >= 4 is 38.7 Å². The summed E-state index contributed by atoms with van der Waals surface area (Å²) < 4.78 is 8.65. The Morgan fingerprint density at radius 2 is 2.42 bits per heavy atom.